The standard InChI is InChI=1S/C17H19ClN2O5/c1-3-4-5-19-17(23)20-15(21)9-24-14-8-13-11(7-12(14)18)10(2)6-16(22)25-13/h6-8H,3-5,9H2,1-2H3,(H2,19,20,21,23). The summed E-state index contributed by atoms with van der Waals surface area (Å²) in [6, 6.07) is 3.83. The van der Waals surface area contributed by atoms with E-state index >= 15 is 0 Å². The third-order valence-electron chi connectivity index (χ3n) is 3.43. The second kappa shape index (κ2) is 8.53. The maximum Gasteiger partial charge on any atom is 0.336 e. The fourth-order valence-corrected chi connectivity index (χ4v) is 2.38. The third kappa shape index (κ3) is 5.22. The van der Waals surface area contributed by atoms with E-state index in [0.717, 1.165) is 18.4 Å². The zero-order chi connectivity index (χ0) is 18.4. The van der Waals surface area contributed by atoms with Crippen LogP contribution in [0.2, 0.25) is 5.02 Å². The van der Waals surface area contributed by atoms with Crippen molar-refractivity contribution in [2.75, 3.05) is 13.2 Å². The van der Waals surface area contributed by atoms with E-state index in [1.165, 1.54) is 12.1 Å². The van der Waals surface area contributed by atoms with Crippen molar-refractivity contribution in [1.29, 1.82) is 0 Å². The number of imide groups is 1. The van der Waals surface area contributed by atoms with Crippen LogP contribution in [0.25, 0.3) is 11.0 Å². The lowest BCUT2D eigenvalue weighted by atomic mass is 10.1. The minimum atomic E-state index is -0.615. The fourth-order valence-electron chi connectivity index (χ4n) is 2.16. The summed E-state index contributed by atoms with van der Waals surface area (Å²) in [6.45, 7) is 3.85. The van der Waals surface area contributed by atoms with Crippen LogP contribution >= 0.6 is 11.6 Å². The molecule has 1 heterocycles. The van der Waals surface area contributed by atoms with Gasteiger partial charge in [-0.15, -0.1) is 0 Å². The zero-order valence-corrected chi connectivity index (χ0v) is 14.7. The zero-order valence-electron chi connectivity index (χ0n) is 14.0. The van der Waals surface area contributed by atoms with Gasteiger partial charge in [0.25, 0.3) is 5.91 Å². The molecular formula is C17H19ClN2O5. The molecule has 25 heavy (non-hydrogen) atoms. The molecule has 0 bridgehead atoms. The number of halogens is 1. The van der Waals surface area contributed by atoms with Crippen LogP contribution in [0.3, 0.4) is 0 Å². The first-order valence-electron chi connectivity index (χ1n) is 7.85. The monoisotopic (exact) mass is 366 g/mol. The number of aryl methyl sites for hydroxylation is 1. The van der Waals surface area contributed by atoms with Gasteiger partial charge in [-0.1, -0.05) is 24.9 Å². The number of benzene rings is 1. The van der Waals surface area contributed by atoms with Gasteiger partial charge in [-0.2, -0.15) is 0 Å². The Bertz CT molecular complexity index is 847. The van der Waals surface area contributed by atoms with Crippen LogP contribution in [0.1, 0.15) is 25.3 Å². The summed E-state index contributed by atoms with van der Waals surface area (Å²) in [5, 5.41) is 5.66. The van der Waals surface area contributed by atoms with Crippen LogP contribution in [-0.4, -0.2) is 25.1 Å². The maximum atomic E-state index is 11.7. The van der Waals surface area contributed by atoms with Gasteiger partial charge in [0, 0.05) is 24.1 Å². The SMILES string of the molecule is CCCCNC(=O)NC(=O)COc1cc2oc(=O)cc(C)c2cc1Cl. The molecular weight excluding hydrogens is 348 g/mol. The van der Waals surface area contributed by atoms with Crippen molar-refractivity contribution in [1.82, 2.24) is 10.6 Å². The summed E-state index contributed by atoms with van der Waals surface area (Å²) in [4.78, 5) is 34.7. The number of rotatable bonds is 6. The van der Waals surface area contributed by atoms with Gasteiger partial charge in [0.2, 0.25) is 0 Å². The molecule has 0 aliphatic heterocycles. The van der Waals surface area contributed by atoms with Crippen molar-refractivity contribution in [3.05, 3.63) is 39.2 Å². The highest BCUT2D eigenvalue weighted by atomic mass is 35.5. The first-order chi connectivity index (χ1) is 11.9. The van der Waals surface area contributed by atoms with Crippen LogP contribution < -0.4 is 21.0 Å². The van der Waals surface area contributed by atoms with Crippen molar-refractivity contribution >= 4 is 34.5 Å². The number of unbranched alkanes of at least 4 members (excludes halogenated alkanes) is 1. The van der Waals surface area contributed by atoms with Gasteiger partial charge >= 0.3 is 11.7 Å². The van der Waals surface area contributed by atoms with E-state index in [1.54, 1.807) is 13.0 Å². The normalized spacial score (nSPS) is 10.5. The van der Waals surface area contributed by atoms with Crippen molar-refractivity contribution in [3.63, 3.8) is 0 Å². The first kappa shape index (κ1) is 18.8. The highest BCUT2D eigenvalue weighted by Gasteiger charge is 2.12. The van der Waals surface area contributed by atoms with Crippen LogP contribution in [0.15, 0.2) is 27.4 Å². The van der Waals surface area contributed by atoms with Gasteiger partial charge in [0.1, 0.15) is 11.3 Å². The molecule has 2 rings (SSSR count). The lowest BCUT2D eigenvalue weighted by molar-refractivity contribution is -0.122. The molecule has 0 unspecified atom stereocenters. The Hall–Kier alpha value is -2.54. The first-order valence-corrected chi connectivity index (χ1v) is 8.23. The molecule has 7 nitrogen and oxygen atoms in total. The summed E-state index contributed by atoms with van der Waals surface area (Å²) in [5.74, 6) is -0.430. The highest BCUT2D eigenvalue weighted by molar-refractivity contribution is 6.32. The van der Waals surface area contributed by atoms with Gasteiger partial charge in [-0.25, -0.2) is 9.59 Å². The predicted molar refractivity (Wildman–Crippen MR) is 94.2 cm³/mol. The number of amides is 3. The number of hydrogen-bond donors (Lipinski definition) is 2. The van der Waals surface area contributed by atoms with E-state index in [4.69, 9.17) is 20.8 Å². The smallest absolute Gasteiger partial charge is 0.336 e. The lowest BCUT2D eigenvalue weighted by Crippen LogP contribution is -2.41. The topological polar surface area (TPSA) is 97.6 Å². The fraction of sp³-hybridized carbons (Fsp3) is 0.353. The molecule has 0 atom stereocenters. The van der Waals surface area contributed by atoms with Crippen molar-refractivity contribution in [3.8, 4) is 5.75 Å². The van der Waals surface area contributed by atoms with E-state index in [2.05, 4.69) is 10.6 Å². The van der Waals surface area contributed by atoms with Crippen LogP contribution in [0, 0.1) is 6.92 Å². The number of nitrogens with one attached hydrogen (secondary N) is 2. The molecule has 0 fully saturated rings. The van der Waals surface area contributed by atoms with Crippen LogP contribution in [-0.2, 0) is 4.79 Å². The molecule has 0 radical (unpaired) electrons. The van der Waals surface area contributed by atoms with E-state index < -0.39 is 24.2 Å². The molecule has 0 aliphatic rings. The van der Waals surface area contributed by atoms with Gasteiger partial charge in [-0.3, -0.25) is 10.1 Å². The van der Waals surface area contributed by atoms with Crippen LogP contribution in [0.5, 0.6) is 5.75 Å². The summed E-state index contributed by atoms with van der Waals surface area (Å²) in [6.07, 6.45) is 1.77. The van der Waals surface area contributed by atoms with E-state index in [9.17, 15) is 14.4 Å². The molecule has 8 heteroatoms. The number of ether oxygens (including phenoxy) is 1. The molecule has 1 aromatic heterocycles. The molecule has 2 N–H and O–H groups in total. The van der Waals surface area contributed by atoms with Gasteiger partial charge in [0.05, 0.1) is 5.02 Å². The van der Waals surface area contributed by atoms with Crippen molar-refractivity contribution in [2.24, 2.45) is 0 Å². The highest BCUT2D eigenvalue weighted by Crippen LogP contribution is 2.30. The molecule has 2 aromatic rings. The Morgan fingerprint density at radius 2 is 2.04 bits per heavy atom. The molecule has 1 aromatic carbocycles. The Labute approximate surface area is 149 Å². The number of carbonyl (C=O) groups is 2. The third-order valence-corrected chi connectivity index (χ3v) is 3.73. The number of hydrogen-bond acceptors (Lipinski definition) is 5. The number of carbonyl (C=O) groups excluding carboxylic acids is 2. The Morgan fingerprint density at radius 1 is 1.28 bits per heavy atom. The summed E-state index contributed by atoms with van der Waals surface area (Å²) in [7, 11) is 0. The predicted octanol–water partition coefficient (Wildman–Crippen LogP) is 2.76. The molecule has 0 saturated heterocycles. The Kier molecular flexibility index (Phi) is 6.41. The van der Waals surface area contributed by atoms with Gasteiger partial charge in [0.15, 0.2) is 6.61 Å². The number of fused-ring (bicyclic) bond motifs is 1. The quantitative estimate of drug-likeness (QED) is 0.605. The molecule has 3 amide bonds. The Balaban J connectivity index is 2.00. The average molecular weight is 367 g/mol. The van der Waals surface area contributed by atoms with Crippen molar-refractivity contribution < 1.29 is 18.7 Å². The van der Waals surface area contributed by atoms with Crippen molar-refractivity contribution in [2.45, 2.75) is 26.7 Å². The second-order valence-electron chi connectivity index (χ2n) is 5.47. The maximum absolute atomic E-state index is 11.7. The van der Waals surface area contributed by atoms with E-state index in [1.807, 2.05) is 6.92 Å². The molecule has 0 aliphatic carbocycles. The lowest BCUT2D eigenvalue weighted by Gasteiger charge is -2.10. The van der Waals surface area contributed by atoms with E-state index in [-0.39, 0.29) is 10.8 Å². The second-order valence-corrected chi connectivity index (χ2v) is 5.88. The van der Waals surface area contributed by atoms with Gasteiger partial charge in [-0.05, 0) is 25.0 Å². The molecule has 134 valence electrons. The summed E-state index contributed by atoms with van der Waals surface area (Å²) in [5.41, 5.74) is 0.545. The molecule has 0 saturated carbocycles. The average Bonchev–Trinajstić information content (AvgIpc) is 2.54. The van der Waals surface area contributed by atoms with E-state index in [0.29, 0.717) is 17.5 Å². The molecule has 0 spiro atoms. The summed E-state index contributed by atoms with van der Waals surface area (Å²) < 4.78 is 10.4. The minimum absolute atomic E-state index is 0.185. The van der Waals surface area contributed by atoms with Gasteiger partial charge < -0.3 is 14.5 Å². The van der Waals surface area contributed by atoms with Crippen LogP contribution in [0.4, 0.5) is 4.79 Å². The number of urea groups is 1. The minimum Gasteiger partial charge on any atom is -0.482 e. The Morgan fingerprint density at radius 3 is 2.76 bits per heavy atom. The largest absolute Gasteiger partial charge is 0.482 e. The summed E-state index contributed by atoms with van der Waals surface area (Å²) >= 11 is 6.13.